The maximum atomic E-state index is 12.4. The van der Waals surface area contributed by atoms with Crippen molar-refractivity contribution in [2.24, 2.45) is 5.41 Å². The number of fused-ring (bicyclic) bond motifs is 1. The number of aliphatic carboxylic acids is 1. The molecule has 0 radical (unpaired) electrons. The van der Waals surface area contributed by atoms with Crippen LogP contribution in [-0.2, 0) is 9.59 Å². The molecule has 2 aromatic rings. The number of carboxylic acid groups (broad SMARTS) is 1. The van der Waals surface area contributed by atoms with Crippen molar-refractivity contribution in [3.8, 4) is 0 Å². The second kappa shape index (κ2) is 6.17. The number of hydrogen-bond acceptors (Lipinski definition) is 4. The van der Waals surface area contributed by atoms with Crippen molar-refractivity contribution in [1.82, 2.24) is 4.98 Å². The van der Waals surface area contributed by atoms with Gasteiger partial charge in [0.15, 0.2) is 11.5 Å². The highest BCUT2D eigenvalue weighted by atomic mass is 16.4. The molecule has 2 saturated carbocycles. The van der Waals surface area contributed by atoms with Crippen LogP contribution in [0.5, 0.6) is 0 Å². The average Bonchev–Trinajstić information content (AvgIpc) is 3.35. The predicted molar refractivity (Wildman–Crippen MR) is 92.4 cm³/mol. The molecule has 4 rings (SSSR count). The van der Waals surface area contributed by atoms with Crippen LogP contribution in [0.1, 0.15) is 63.2 Å². The lowest BCUT2D eigenvalue weighted by Gasteiger charge is -2.32. The van der Waals surface area contributed by atoms with Gasteiger partial charge in [-0.3, -0.25) is 9.59 Å². The first kappa shape index (κ1) is 16.1. The Kier molecular flexibility index (Phi) is 3.98. The smallest absolute Gasteiger partial charge is 0.310 e. The molecule has 25 heavy (non-hydrogen) atoms. The van der Waals surface area contributed by atoms with Gasteiger partial charge in [-0.05, 0) is 43.9 Å². The fraction of sp³-hybridized carbons (Fsp3) is 0.526. The van der Waals surface area contributed by atoms with E-state index in [-0.39, 0.29) is 12.3 Å². The van der Waals surface area contributed by atoms with Crippen molar-refractivity contribution in [1.29, 1.82) is 0 Å². The highest BCUT2D eigenvalue weighted by Gasteiger charge is 2.41. The van der Waals surface area contributed by atoms with Gasteiger partial charge in [0.2, 0.25) is 5.91 Å². The van der Waals surface area contributed by atoms with E-state index >= 15 is 0 Å². The number of carbonyl (C=O) groups excluding carboxylic acids is 1. The molecule has 2 aliphatic rings. The van der Waals surface area contributed by atoms with E-state index in [4.69, 9.17) is 4.42 Å². The van der Waals surface area contributed by atoms with Crippen molar-refractivity contribution in [2.75, 3.05) is 5.32 Å². The predicted octanol–water partition coefficient (Wildman–Crippen LogP) is 4.07. The van der Waals surface area contributed by atoms with Gasteiger partial charge < -0.3 is 14.8 Å². The number of nitrogens with zero attached hydrogens (tertiary/aromatic N) is 1. The van der Waals surface area contributed by atoms with Crippen molar-refractivity contribution in [3.63, 3.8) is 0 Å². The Bertz CT molecular complexity index is 816. The average molecular weight is 342 g/mol. The molecule has 0 atom stereocenters. The van der Waals surface area contributed by atoms with Crippen LogP contribution in [0.2, 0.25) is 0 Å². The SMILES string of the molecule is O=C(CC1(C(=O)O)CCCCC1)Nc1ccc2oc(C3CC3)nc2c1. The Morgan fingerprint density at radius 2 is 2.00 bits per heavy atom. The first-order chi connectivity index (χ1) is 12.1. The van der Waals surface area contributed by atoms with E-state index in [0.29, 0.717) is 30.0 Å². The minimum atomic E-state index is -0.917. The normalized spacial score (nSPS) is 19.7. The maximum Gasteiger partial charge on any atom is 0.310 e. The van der Waals surface area contributed by atoms with Gasteiger partial charge in [0.05, 0.1) is 5.41 Å². The molecule has 1 aromatic heterocycles. The lowest BCUT2D eigenvalue weighted by atomic mass is 9.71. The Hall–Kier alpha value is -2.37. The molecule has 0 bridgehead atoms. The lowest BCUT2D eigenvalue weighted by Crippen LogP contribution is -2.37. The van der Waals surface area contributed by atoms with E-state index in [1.165, 1.54) is 0 Å². The van der Waals surface area contributed by atoms with E-state index in [1.807, 2.05) is 0 Å². The minimum Gasteiger partial charge on any atom is -0.481 e. The molecule has 0 spiro atoms. The summed E-state index contributed by atoms with van der Waals surface area (Å²) in [5.41, 5.74) is 1.16. The van der Waals surface area contributed by atoms with E-state index in [9.17, 15) is 14.7 Å². The fourth-order valence-electron chi connectivity index (χ4n) is 3.74. The number of carbonyl (C=O) groups is 2. The quantitative estimate of drug-likeness (QED) is 0.854. The summed E-state index contributed by atoms with van der Waals surface area (Å²) in [6.07, 6.45) is 6.19. The van der Waals surface area contributed by atoms with Gasteiger partial charge in [0.25, 0.3) is 0 Å². The van der Waals surface area contributed by atoms with Crippen molar-refractivity contribution in [3.05, 3.63) is 24.1 Å². The highest BCUT2D eigenvalue weighted by Crippen LogP contribution is 2.41. The maximum absolute atomic E-state index is 12.4. The molecule has 132 valence electrons. The summed E-state index contributed by atoms with van der Waals surface area (Å²) in [5, 5.41) is 12.4. The molecule has 0 aliphatic heterocycles. The summed E-state index contributed by atoms with van der Waals surface area (Å²) in [7, 11) is 0. The molecule has 1 amide bonds. The Balaban J connectivity index is 1.48. The van der Waals surface area contributed by atoms with E-state index in [0.717, 1.165) is 43.5 Å². The second-order valence-corrected chi connectivity index (χ2v) is 7.38. The first-order valence-corrected chi connectivity index (χ1v) is 8.99. The first-order valence-electron chi connectivity index (χ1n) is 8.99. The number of rotatable bonds is 5. The summed E-state index contributed by atoms with van der Waals surface area (Å²) in [6.45, 7) is 0. The van der Waals surface area contributed by atoms with Gasteiger partial charge >= 0.3 is 5.97 Å². The van der Waals surface area contributed by atoms with E-state index in [1.54, 1.807) is 18.2 Å². The second-order valence-electron chi connectivity index (χ2n) is 7.38. The zero-order valence-electron chi connectivity index (χ0n) is 14.1. The molecule has 1 heterocycles. The summed E-state index contributed by atoms with van der Waals surface area (Å²) in [5.74, 6) is 0.0932. The fourth-order valence-corrected chi connectivity index (χ4v) is 3.74. The molecule has 2 fully saturated rings. The summed E-state index contributed by atoms with van der Waals surface area (Å²) < 4.78 is 5.72. The topological polar surface area (TPSA) is 92.4 Å². The number of nitrogens with one attached hydrogen (secondary N) is 1. The number of amides is 1. The molecule has 2 N–H and O–H groups in total. The van der Waals surface area contributed by atoms with Crippen LogP contribution < -0.4 is 5.32 Å². The highest BCUT2D eigenvalue weighted by molar-refractivity contribution is 5.95. The minimum absolute atomic E-state index is 0.0203. The molecule has 1 aromatic carbocycles. The van der Waals surface area contributed by atoms with Crippen LogP contribution in [0.4, 0.5) is 5.69 Å². The summed E-state index contributed by atoms with van der Waals surface area (Å²) >= 11 is 0. The van der Waals surface area contributed by atoms with Gasteiger partial charge in [0.1, 0.15) is 5.52 Å². The number of benzene rings is 1. The van der Waals surface area contributed by atoms with Crippen LogP contribution >= 0.6 is 0 Å². The van der Waals surface area contributed by atoms with Gasteiger partial charge in [-0.2, -0.15) is 0 Å². The van der Waals surface area contributed by atoms with Crippen LogP contribution in [0.3, 0.4) is 0 Å². The van der Waals surface area contributed by atoms with Crippen molar-refractivity contribution in [2.45, 2.75) is 57.3 Å². The number of carboxylic acids is 1. The van der Waals surface area contributed by atoms with Gasteiger partial charge in [-0.15, -0.1) is 0 Å². The van der Waals surface area contributed by atoms with Crippen LogP contribution in [-0.4, -0.2) is 22.0 Å². The third kappa shape index (κ3) is 3.25. The molecule has 0 saturated heterocycles. The van der Waals surface area contributed by atoms with Gasteiger partial charge in [-0.1, -0.05) is 19.3 Å². The molecule has 2 aliphatic carbocycles. The van der Waals surface area contributed by atoms with E-state index < -0.39 is 11.4 Å². The molecule has 0 unspecified atom stereocenters. The van der Waals surface area contributed by atoms with Gasteiger partial charge in [-0.25, -0.2) is 4.98 Å². The molecule has 6 nitrogen and oxygen atoms in total. The summed E-state index contributed by atoms with van der Waals surface area (Å²) in [6, 6.07) is 5.37. The zero-order valence-corrected chi connectivity index (χ0v) is 14.1. The standard InChI is InChI=1S/C19H22N2O4/c22-16(11-19(18(23)24)8-2-1-3-9-19)20-13-6-7-15-14(10-13)21-17(25-15)12-4-5-12/h6-7,10,12H,1-5,8-9,11H2,(H,20,22)(H,23,24). The zero-order chi connectivity index (χ0) is 17.4. The molecular formula is C19H22N2O4. The van der Waals surface area contributed by atoms with Crippen molar-refractivity contribution < 1.29 is 19.1 Å². The third-order valence-electron chi connectivity index (χ3n) is 5.38. The Morgan fingerprint density at radius 3 is 2.68 bits per heavy atom. The number of anilines is 1. The largest absolute Gasteiger partial charge is 0.481 e. The molecule has 6 heteroatoms. The number of hydrogen-bond donors (Lipinski definition) is 2. The molecular weight excluding hydrogens is 320 g/mol. The Labute approximate surface area is 145 Å². The monoisotopic (exact) mass is 342 g/mol. The van der Waals surface area contributed by atoms with Crippen LogP contribution in [0.25, 0.3) is 11.1 Å². The number of aromatic nitrogens is 1. The number of oxazole rings is 1. The third-order valence-corrected chi connectivity index (χ3v) is 5.38. The van der Waals surface area contributed by atoms with Crippen LogP contribution in [0.15, 0.2) is 22.6 Å². The van der Waals surface area contributed by atoms with Gasteiger partial charge in [0, 0.05) is 18.0 Å². The lowest BCUT2D eigenvalue weighted by molar-refractivity contribution is -0.153. The van der Waals surface area contributed by atoms with Crippen molar-refractivity contribution >= 4 is 28.7 Å². The summed E-state index contributed by atoms with van der Waals surface area (Å²) in [4.78, 5) is 28.6. The van der Waals surface area contributed by atoms with Crippen LogP contribution in [0, 0.1) is 5.41 Å². The van der Waals surface area contributed by atoms with E-state index in [2.05, 4.69) is 10.3 Å². The Morgan fingerprint density at radius 1 is 1.24 bits per heavy atom.